The summed E-state index contributed by atoms with van der Waals surface area (Å²) in [7, 11) is 1.55. The molecule has 3 rings (SSSR count). The van der Waals surface area contributed by atoms with Crippen molar-refractivity contribution < 1.29 is 19.1 Å². The molecule has 0 radical (unpaired) electrons. The lowest BCUT2D eigenvalue weighted by atomic mass is 10.0. The van der Waals surface area contributed by atoms with Crippen molar-refractivity contribution in [2.45, 2.75) is 32.4 Å². The minimum absolute atomic E-state index is 0.205. The average Bonchev–Trinajstić information content (AvgIpc) is 2.88. The van der Waals surface area contributed by atoms with E-state index in [1.165, 1.54) is 0 Å². The molecule has 0 fully saturated rings. The number of hydrogen-bond acceptors (Lipinski definition) is 4. The van der Waals surface area contributed by atoms with Crippen LogP contribution in [0.4, 0.5) is 0 Å². The van der Waals surface area contributed by atoms with Crippen molar-refractivity contribution in [1.29, 1.82) is 0 Å². The van der Waals surface area contributed by atoms with Crippen LogP contribution in [0.25, 0.3) is 0 Å². The molecule has 0 aliphatic rings. The van der Waals surface area contributed by atoms with Crippen LogP contribution in [0.3, 0.4) is 0 Å². The van der Waals surface area contributed by atoms with Crippen LogP contribution in [0.15, 0.2) is 78.9 Å². The molecule has 0 spiro atoms. The second-order valence-electron chi connectivity index (χ2n) is 8.09. The molecule has 0 saturated carbocycles. The summed E-state index contributed by atoms with van der Waals surface area (Å²) < 4.78 is 11.1. The average molecular weight is 495 g/mol. The summed E-state index contributed by atoms with van der Waals surface area (Å²) in [6.07, 6.45) is 1.17. The van der Waals surface area contributed by atoms with Gasteiger partial charge in [0.2, 0.25) is 5.91 Å². The highest BCUT2D eigenvalue weighted by Crippen LogP contribution is 2.26. The highest BCUT2D eigenvalue weighted by molar-refractivity contribution is 6.30. The Morgan fingerprint density at radius 2 is 1.63 bits per heavy atom. The maximum atomic E-state index is 13.6. The number of para-hydroxylation sites is 2. The number of carbonyl (C=O) groups is 2. The number of methoxy groups -OCH3 is 1. The first-order chi connectivity index (χ1) is 17.0. The van der Waals surface area contributed by atoms with Crippen molar-refractivity contribution >= 4 is 23.4 Å². The molecule has 7 heteroatoms. The molecule has 0 aromatic heterocycles. The number of benzene rings is 3. The van der Waals surface area contributed by atoms with Gasteiger partial charge in [0.25, 0.3) is 5.91 Å². The van der Waals surface area contributed by atoms with Crippen molar-refractivity contribution in [2.24, 2.45) is 0 Å². The van der Waals surface area contributed by atoms with E-state index in [2.05, 4.69) is 5.32 Å². The van der Waals surface area contributed by atoms with Gasteiger partial charge in [0.15, 0.2) is 18.1 Å². The Labute approximate surface area is 211 Å². The molecule has 0 aliphatic heterocycles. The second kappa shape index (κ2) is 13.4. The lowest BCUT2D eigenvalue weighted by Crippen LogP contribution is -2.51. The van der Waals surface area contributed by atoms with Crippen molar-refractivity contribution in [3.05, 3.63) is 95.0 Å². The van der Waals surface area contributed by atoms with E-state index in [9.17, 15) is 9.59 Å². The minimum Gasteiger partial charge on any atom is -0.493 e. The topological polar surface area (TPSA) is 67.9 Å². The fourth-order valence-corrected chi connectivity index (χ4v) is 3.93. The molecule has 35 heavy (non-hydrogen) atoms. The number of rotatable bonds is 12. The summed E-state index contributed by atoms with van der Waals surface area (Å²) in [5.41, 5.74) is 1.78. The van der Waals surface area contributed by atoms with Gasteiger partial charge in [-0.25, -0.2) is 0 Å². The Balaban J connectivity index is 1.90. The number of nitrogens with zero attached hydrogens (tertiary/aromatic N) is 1. The van der Waals surface area contributed by atoms with Crippen LogP contribution in [0.1, 0.15) is 24.5 Å². The quantitative estimate of drug-likeness (QED) is 0.389. The van der Waals surface area contributed by atoms with E-state index < -0.39 is 6.04 Å². The standard InChI is InChI=1S/C28H31ClN2O4/c1-3-16-30-28(33)24(18-21-10-5-4-6-11-21)31(19-22-12-9-13-23(29)17-22)27(32)20-35-26-15-8-7-14-25(26)34-2/h4-15,17,24H,3,16,18-20H2,1-2H3,(H,30,33)/t24-/m0/s1. The van der Waals surface area contributed by atoms with Gasteiger partial charge in [0.1, 0.15) is 6.04 Å². The van der Waals surface area contributed by atoms with Crippen molar-refractivity contribution in [3.8, 4) is 11.5 Å². The molecule has 0 unspecified atom stereocenters. The number of amides is 2. The van der Waals surface area contributed by atoms with Crippen LogP contribution in [-0.2, 0) is 22.6 Å². The highest BCUT2D eigenvalue weighted by Gasteiger charge is 2.30. The third kappa shape index (κ3) is 7.76. The van der Waals surface area contributed by atoms with Crippen LogP contribution >= 0.6 is 11.6 Å². The summed E-state index contributed by atoms with van der Waals surface area (Å²) in [6, 6.07) is 23.4. The maximum absolute atomic E-state index is 13.6. The number of nitrogens with one attached hydrogen (secondary N) is 1. The van der Waals surface area contributed by atoms with E-state index in [1.807, 2.05) is 61.5 Å². The first-order valence-electron chi connectivity index (χ1n) is 11.6. The summed E-state index contributed by atoms with van der Waals surface area (Å²) in [4.78, 5) is 28.4. The van der Waals surface area contributed by atoms with E-state index in [1.54, 1.807) is 36.3 Å². The van der Waals surface area contributed by atoms with Gasteiger partial charge in [0, 0.05) is 24.5 Å². The summed E-state index contributed by atoms with van der Waals surface area (Å²) in [5, 5.41) is 3.52. The van der Waals surface area contributed by atoms with E-state index in [0.717, 1.165) is 17.5 Å². The van der Waals surface area contributed by atoms with Crippen molar-refractivity contribution in [3.63, 3.8) is 0 Å². The molecule has 0 heterocycles. The molecule has 2 amide bonds. The molecule has 0 aliphatic carbocycles. The van der Waals surface area contributed by atoms with Crippen LogP contribution in [-0.4, -0.2) is 43.0 Å². The monoisotopic (exact) mass is 494 g/mol. The molecule has 0 bridgehead atoms. The fourth-order valence-electron chi connectivity index (χ4n) is 3.71. The Hall–Kier alpha value is -3.51. The Bertz CT molecular complexity index is 1110. The SMILES string of the molecule is CCCNC(=O)[C@H](Cc1ccccc1)N(Cc1cccc(Cl)c1)C(=O)COc1ccccc1OC. The van der Waals surface area contributed by atoms with Gasteiger partial charge in [0.05, 0.1) is 7.11 Å². The fraction of sp³-hybridized carbons (Fsp3) is 0.286. The minimum atomic E-state index is -0.725. The summed E-state index contributed by atoms with van der Waals surface area (Å²) >= 11 is 6.20. The van der Waals surface area contributed by atoms with Gasteiger partial charge in [-0.3, -0.25) is 9.59 Å². The van der Waals surface area contributed by atoms with Gasteiger partial charge in [-0.2, -0.15) is 0 Å². The van der Waals surface area contributed by atoms with Crippen LogP contribution < -0.4 is 14.8 Å². The lowest BCUT2D eigenvalue weighted by Gasteiger charge is -2.31. The smallest absolute Gasteiger partial charge is 0.261 e. The molecule has 1 N–H and O–H groups in total. The first-order valence-corrected chi connectivity index (χ1v) is 12.0. The molecule has 3 aromatic rings. The van der Waals surface area contributed by atoms with Gasteiger partial charge >= 0.3 is 0 Å². The third-order valence-electron chi connectivity index (χ3n) is 5.48. The predicted molar refractivity (Wildman–Crippen MR) is 138 cm³/mol. The number of halogens is 1. The Kier molecular flexibility index (Phi) is 9.99. The summed E-state index contributed by atoms with van der Waals surface area (Å²) in [5.74, 6) is 0.469. The second-order valence-corrected chi connectivity index (χ2v) is 8.52. The number of hydrogen-bond donors (Lipinski definition) is 1. The van der Waals surface area contributed by atoms with Gasteiger partial charge in [-0.15, -0.1) is 0 Å². The van der Waals surface area contributed by atoms with Crippen molar-refractivity contribution in [1.82, 2.24) is 10.2 Å². The van der Waals surface area contributed by atoms with Crippen LogP contribution in [0.2, 0.25) is 5.02 Å². The first kappa shape index (κ1) is 26.1. The zero-order chi connectivity index (χ0) is 25.0. The number of carbonyl (C=O) groups excluding carboxylic acids is 2. The lowest BCUT2D eigenvalue weighted by molar-refractivity contribution is -0.142. The van der Waals surface area contributed by atoms with E-state index in [0.29, 0.717) is 29.5 Å². The zero-order valence-corrected chi connectivity index (χ0v) is 20.8. The molecule has 0 saturated heterocycles. The Morgan fingerprint density at radius 1 is 0.943 bits per heavy atom. The summed E-state index contributed by atoms with van der Waals surface area (Å²) in [6.45, 7) is 2.49. The normalized spacial score (nSPS) is 11.4. The van der Waals surface area contributed by atoms with Crippen LogP contribution in [0, 0.1) is 0 Å². The Morgan fingerprint density at radius 3 is 2.31 bits per heavy atom. The predicted octanol–water partition coefficient (Wildman–Crippen LogP) is 4.89. The molecular weight excluding hydrogens is 464 g/mol. The molecule has 184 valence electrons. The van der Waals surface area contributed by atoms with Crippen LogP contribution in [0.5, 0.6) is 11.5 Å². The zero-order valence-electron chi connectivity index (χ0n) is 20.1. The molecule has 6 nitrogen and oxygen atoms in total. The van der Waals surface area contributed by atoms with E-state index in [4.69, 9.17) is 21.1 Å². The largest absolute Gasteiger partial charge is 0.493 e. The van der Waals surface area contributed by atoms with Crippen molar-refractivity contribution in [2.75, 3.05) is 20.3 Å². The molecule has 3 aromatic carbocycles. The third-order valence-corrected chi connectivity index (χ3v) is 5.72. The van der Waals surface area contributed by atoms with Gasteiger partial charge in [-0.05, 0) is 41.8 Å². The van der Waals surface area contributed by atoms with E-state index >= 15 is 0 Å². The molecular formula is C28H31ClN2O4. The van der Waals surface area contributed by atoms with Gasteiger partial charge in [-0.1, -0.05) is 73.1 Å². The maximum Gasteiger partial charge on any atom is 0.261 e. The van der Waals surface area contributed by atoms with E-state index in [-0.39, 0.29) is 25.0 Å². The van der Waals surface area contributed by atoms with Gasteiger partial charge < -0.3 is 19.7 Å². The molecule has 1 atom stereocenters. The highest BCUT2D eigenvalue weighted by atomic mass is 35.5. The number of ether oxygens (including phenoxy) is 2.